The van der Waals surface area contributed by atoms with E-state index < -0.39 is 0 Å². The van der Waals surface area contributed by atoms with Gasteiger partial charge in [-0.15, -0.1) is 0 Å². The zero-order chi connectivity index (χ0) is 24.3. The molecule has 1 unspecified atom stereocenters. The number of nitrogens with zero attached hydrogens (tertiary/aromatic N) is 3. The van der Waals surface area contributed by atoms with Crippen LogP contribution in [0.2, 0.25) is 0 Å². The fraction of sp³-hybridized carbons (Fsp3) is 0.333. The Balaban J connectivity index is 1.27. The quantitative estimate of drug-likeness (QED) is 0.403. The predicted octanol–water partition coefficient (Wildman–Crippen LogP) is 4.52. The summed E-state index contributed by atoms with van der Waals surface area (Å²) in [5, 5.41) is 4.56. The first-order chi connectivity index (χ1) is 17.8. The molecule has 3 heterocycles. The first-order valence-electron chi connectivity index (χ1n) is 13.0. The third-order valence-electron chi connectivity index (χ3n) is 7.35. The standard InChI is InChI=1S/C30H32N4O2/c35-30(23-7-8-23)32-29(24-4-3-14-31-20-24)22-9-11-26(12-10-22)34-21-25(27-5-1-2-6-28(27)34)13-15-33-16-18-36-19-17-33/h1-6,9-12,14,20-21,23,29H,7-8,13,15-19H2,(H,32,35). The van der Waals surface area contributed by atoms with Gasteiger partial charge >= 0.3 is 0 Å². The average Bonchev–Trinajstić information content (AvgIpc) is 3.73. The van der Waals surface area contributed by atoms with Gasteiger partial charge in [0.25, 0.3) is 0 Å². The number of aromatic nitrogens is 2. The summed E-state index contributed by atoms with van der Waals surface area (Å²) in [4.78, 5) is 19.4. The van der Waals surface area contributed by atoms with E-state index in [4.69, 9.17) is 4.74 Å². The molecule has 1 aliphatic heterocycles. The summed E-state index contributed by atoms with van der Waals surface area (Å²) < 4.78 is 7.79. The van der Waals surface area contributed by atoms with Crippen LogP contribution in [0.3, 0.4) is 0 Å². The van der Waals surface area contributed by atoms with Crippen LogP contribution in [-0.4, -0.2) is 53.2 Å². The van der Waals surface area contributed by atoms with Crippen molar-refractivity contribution in [1.29, 1.82) is 0 Å². The van der Waals surface area contributed by atoms with Gasteiger partial charge in [0.05, 0.1) is 24.8 Å². The molecule has 1 saturated heterocycles. The van der Waals surface area contributed by atoms with Gasteiger partial charge < -0.3 is 14.6 Å². The van der Waals surface area contributed by atoms with E-state index in [0.717, 1.165) is 68.9 Å². The Hall–Kier alpha value is -3.48. The van der Waals surface area contributed by atoms with E-state index in [1.54, 1.807) is 6.20 Å². The van der Waals surface area contributed by atoms with E-state index >= 15 is 0 Å². The molecule has 0 spiro atoms. The lowest BCUT2D eigenvalue weighted by Crippen LogP contribution is -2.37. The number of rotatable bonds is 8. The van der Waals surface area contributed by atoms with E-state index in [-0.39, 0.29) is 17.9 Å². The SMILES string of the molecule is O=C(NC(c1ccc(-n2cc(CCN3CCOCC3)c3ccccc32)cc1)c1cccnc1)C1CC1. The summed E-state index contributed by atoms with van der Waals surface area (Å²) >= 11 is 0. The molecule has 4 aromatic rings. The summed E-state index contributed by atoms with van der Waals surface area (Å²) in [6.07, 6.45) is 8.87. The molecule has 2 aromatic heterocycles. The molecule has 6 rings (SSSR count). The summed E-state index contributed by atoms with van der Waals surface area (Å²) in [6, 6.07) is 20.9. The Labute approximate surface area is 211 Å². The van der Waals surface area contributed by atoms with Gasteiger partial charge in [0.2, 0.25) is 5.91 Å². The highest BCUT2D eigenvalue weighted by atomic mass is 16.5. The monoisotopic (exact) mass is 480 g/mol. The van der Waals surface area contributed by atoms with Crippen LogP contribution < -0.4 is 5.32 Å². The molecule has 6 nitrogen and oxygen atoms in total. The van der Waals surface area contributed by atoms with Crippen LogP contribution in [0.1, 0.15) is 35.6 Å². The van der Waals surface area contributed by atoms with E-state index in [0.29, 0.717) is 0 Å². The fourth-order valence-electron chi connectivity index (χ4n) is 5.11. The summed E-state index contributed by atoms with van der Waals surface area (Å²) in [5.74, 6) is 0.291. The maximum Gasteiger partial charge on any atom is 0.223 e. The Bertz CT molecular complexity index is 1320. The van der Waals surface area contributed by atoms with Crippen LogP contribution in [0.5, 0.6) is 0 Å². The number of fused-ring (bicyclic) bond motifs is 1. The summed E-state index contributed by atoms with van der Waals surface area (Å²) in [6.45, 7) is 4.72. The van der Waals surface area contributed by atoms with E-state index in [2.05, 4.69) is 74.5 Å². The maximum atomic E-state index is 12.6. The number of hydrogen-bond acceptors (Lipinski definition) is 4. The second-order valence-electron chi connectivity index (χ2n) is 9.84. The molecular weight excluding hydrogens is 448 g/mol. The topological polar surface area (TPSA) is 59.4 Å². The number of pyridine rings is 1. The molecule has 0 bridgehead atoms. The van der Waals surface area contributed by atoms with Gasteiger partial charge in [-0.2, -0.15) is 0 Å². The van der Waals surface area contributed by atoms with Gasteiger partial charge in [-0.05, 0) is 60.2 Å². The average molecular weight is 481 g/mol. The molecule has 1 aliphatic carbocycles. The van der Waals surface area contributed by atoms with Crippen molar-refractivity contribution in [3.8, 4) is 5.69 Å². The van der Waals surface area contributed by atoms with Crippen molar-refractivity contribution in [1.82, 2.24) is 19.8 Å². The minimum atomic E-state index is -0.202. The second-order valence-corrected chi connectivity index (χ2v) is 9.84. The molecule has 1 N–H and O–H groups in total. The third kappa shape index (κ3) is 4.92. The number of carbonyl (C=O) groups is 1. The number of para-hydroxylation sites is 1. The van der Waals surface area contributed by atoms with Crippen molar-refractivity contribution in [2.45, 2.75) is 25.3 Å². The molecule has 36 heavy (non-hydrogen) atoms. The summed E-state index contributed by atoms with van der Waals surface area (Å²) in [5.41, 5.74) is 5.76. The van der Waals surface area contributed by atoms with Gasteiger partial charge in [-0.3, -0.25) is 14.7 Å². The molecule has 1 atom stereocenters. The molecule has 0 radical (unpaired) electrons. The Morgan fingerprint density at radius 2 is 1.81 bits per heavy atom. The number of amides is 1. The largest absolute Gasteiger partial charge is 0.379 e. The molecule has 1 saturated carbocycles. The molecule has 2 aliphatic rings. The Morgan fingerprint density at radius 3 is 2.56 bits per heavy atom. The van der Waals surface area contributed by atoms with Gasteiger partial charge in [-0.1, -0.05) is 36.4 Å². The molecule has 2 aromatic carbocycles. The Kier molecular flexibility index (Phi) is 6.53. The van der Waals surface area contributed by atoms with Crippen LogP contribution >= 0.6 is 0 Å². The number of benzene rings is 2. The van der Waals surface area contributed by atoms with Crippen LogP contribution in [0.15, 0.2) is 79.3 Å². The minimum absolute atomic E-state index is 0.134. The lowest BCUT2D eigenvalue weighted by Gasteiger charge is -2.26. The molecule has 184 valence electrons. The van der Waals surface area contributed by atoms with E-state index in [9.17, 15) is 4.79 Å². The lowest BCUT2D eigenvalue weighted by molar-refractivity contribution is -0.122. The number of carbonyl (C=O) groups excluding carboxylic acids is 1. The second kappa shape index (κ2) is 10.2. The first kappa shape index (κ1) is 23.0. The fourth-order valence-corrected chi connectivity index (χ4v) is 5.11. The highest BCUT2D eigenvalue weighted by Gasteiger charge is 2.31. The van der Waals surface area contributed by atoms with Gasteiger partial charge in [0, 0.05) is 55.2 Å². The number of nitrogens with one attached hydrogen (secondary N) is 1. The maximum absolute atomic E-state index is 12.6. The van der Waals surface area contributed by atoms with Crippen molar-refractivity contribution in [2.75, 3.05) is 32.8 Å². The van der Waals surface area contributed by atoms with Gasteiger partial charge in [0.15, 0.2) is 0 Å². The highest BCUT2D eigenvalue weighted by molar-refractivity contribution is 5.85. The number of morpholine rings is 1. The number of hydrogen-bond donors (Lipinski definition) is 1. The highest BCUT2D eigenvalue weighted by Crippen LogP contribution is 2.32. The van der Waals surface area contributed by atoms with E-state index in [1.807, 2.05) is 18.3 Å². The van der Waals surface area contributed by atoms with Crippen molar-refractivity contribution >= 4 is 16.8 Å². The number of ether oxygens (including phenoxy) is 1. The smallest absolute Gasteiger partial charge is 0.223 e. The lowest BCUT2D eigenvalue weighted by atomic mass is 9.99. The normalized spacial score (nSPS) is 17.2. The zero-order valence-corrected chi connectivity index (χ0v) is 20.5. The molecule has 6 heteroatoms. The van der Waals surface area contributed by atoms with Crippen LogP contribution in [0.4, 0.5) is 0 Å². The minimum Gasteiger partial charge on any atom is -0.379 e. The molecular formula is C30H32N4O2. The van der Waals surface area contributed by atoms with Crippen molar-refractivity contribution in [2.24, 2.45) is 5.92 Å². The first-order valence-corrected chi connectivity index (χ1v) is 13.0. The van der Waals surface area contributed by atoms with Crippen molar-refractivity contribution in [3.05, 3.63) is 95.9 Å². The van der Waals surface area contributed by atoms with Crippen LogP contribution in [0.25, 0.3) is 16.6 Å². The Morgan fingerprint density at radius 1 is 1.00 bits per heavy atom. The van der Waals surface area contributed by atoms with E-state index in [1.165, 1.54) is 16.5 Å². The van der Waals surface area contributed by atoms with Crippen molar-refractivity contribution in [3.63, 3.8) is 0 Å². The molecule has 1 amide bonds. The third-order valence-corrected chi connectivity index (χ3v) is 7.35. The zero-order valence-electron chi connectivity index (χ0n) is 20.5. The van der Waals surface area contributed by atoms with Crippen LogP contribution in [-0.2, 0) is 16.0 Å². The predicted molar refractivity (Wildman–Crippen MR) is 141 cm³/mol. The van der Waals surface area contributed by atoms with Crippen molar-refractivity contribution < 1.29 is 9.53 Å². The molecule has 2 fully saturated rings. The van der Waals surface area contributed by atoms with Gasteiger partial charge in [0.1, 0.15) is 0 Å². The van der Waals surface area contributed by atoms with Gasteiger partial charge in [-0.25, -0.2) is 0 Å². The summed E-state index contributed by atoms with van der Waals surface area (Å²) in [7, 11) is 0. The van der Waals surface area contributed by atoms with Crippen LogP contribution in [0, 0.1) is 5.92 Å².